The number of thiocarbonyl (C=S) groups is 1. The number of hydrogen-bond acceptors (Lipinski definition) is 3. The summed E-state index contributed by atoms with van der Waals surface area (Å²) in [7, 11) is 0. The summed E-state index contributed by atoms with van der Waals surface area (Å²) in [6.07, 6.45) is 1.57. The molecule has 0 aliphatic carbocycles. The quantitative estimate of drug-likeness (QED) is 0.690. The Balaban J connectivity index is 1.60. The molecule has 8 heteroatoms. The molecule has 0 radical (unpaired) electrons. The van der Waals surface area contributed by atoms with Crippen molar-refractivity contribution >= 4 is 40.6 Å². The molecule has 5 nitrogen and oxygen atoms in total. The Morgan fingerprint density at radius 3 is 2.62 bits per heavy atom. The highest BCUT2D eigenvalue weighted by Crippen LogP contribution is 2.20. The molecule has 1 heterocycles. The molecule has 0 saturated heterocycles. The number of benzene rings is 2. The van der Waals surface area contributed by atoms with Gasteiger partial charge in [0.2, 0.25) is 5.95 Å². The van der Waals surface area contributed by atoms with E-state index in [0.29, 0.717) is 28.3 Å². The van der Waals surface area contributed by atoms with Crippen LogP contribution in [0.3, 0.4) is 0 Å². The van der Waals surface area contributed by atoms with Crippen molar-refractivity contribution in [2.45, 2.75) is 6.54 Å². The molecule has 0 saturated carbocycles. The number of nitrogens with zero attached hydrogens (tertiary/aromatic N) is 3. The number of nitrogens with one attached hydrogen (secondary N) is 2. The van der Waals surface area contributed by atoms with Gasteiger partial charge >= 0.3 is 0 Å². The van der Waals surface area contributed by atoms with Gasteiger partial charge in [0.15, 0.2) is 5.11 Å². The minimum Gasteiger partial charge on any atom is -0.331 e. The second-order valence-corrected chi connectivity index (χ2v) is 5.77. The van der Waals surface area contributed by atoms with Crippen molar-refractivity contribution in [3.63, 3.8) is 0 Å². The summed E-state index contributed by atoms with van der Waals surface area (Å²) < 4.78 is 14.5. The fraction of sp³-hybridized carbons (Fsp3) is 0.0625. The highest BCUT2D eigenvalue weighted by molar-refractivity contribution is 7.80. The highest BCUT2D eigenvalue weighted by atomic mass is 35.5. The first-order valence-corrected chi connectivity index (χ1v) is 7.85. The van der Waals surface area contributed by atoms with E-state index in [0.717, 1.165) is 5.56 Å². The summed E-state index contributed by atoms with van der Waals surface area (Å²) in [6, 6.07) is 13.5. The normalized spacial score (nSPS) is 10.4. The van der Waals surface area contributed by atoms with Gasteiger partial charge in [-0.3, -0.25) is 5.32 Å². The number of halogens is 2. The molecule has 0 aliphatic heterocycles. The molecule has 0 unspecified atom stereocenters. The Kier molecular flexibility index (Phi) is 5.02. The van der Waals surface area contributed by atoms with Gasteiger partial charge in [-0.1, -0.05) is 35.9 Å². The summed E-state index contributed by atoms with van der Waals surface area (Å²) >= 11 is 11.3. The van der Waals surface area contributed by atoms with E-state index in [-0.39, 0.29) is 5.82 Å². The number of anilines is 2. The molecule has 24 heavy (non-hydrogen) atoms. The Morgan fingerprint density at radius 2 is 1.88 bits per heavy atom. The maximum atomic E-state index is 12.9. The number of aromatic nitrogens is 3. The monoisotopic (exact) mass is 361 g/mol. The molecular weight excluding hydrogens is 349 g/mol. The molecule has 0 amide bonds. The second-order valence-electron chi connectivity index (χ2n) is 4.95. The molecule has 3 rings (SSSR count). The van der Waals surface area contributed by atoms with Crippen LogP contribution in [0.1, 0.15) is 5.56 Å². The van der Waals surface area contributed by atoms with Gasteiger partial charge in [0.1, 0.15) is 12.1 Å². The van der Waals surface area contributed by atoms with E-state index in [9.17, 15) is 4.39 Å². The van der Waals surface area contributed by atoms with Gasteiger partial charge in [-0.2, -0.15) is 0 Å². The summed E-state index contributed by atoms with van der Waals surface area (Å²) in [6.45, 7) is 0.486. The van der Waals surface area contributed by atoms with Gasteiger partial charge in [0.25, 0.3) is 0 Å². The van der Waals surface area contributed by atoms with Gasteiger partial charge in [-0.15, -0.1) is 5.10 Å². The first-order chi connectivity index (χ1) is 11.6. The fourth-order valence-electron chi connectivity index (χ4n) is 2.02. The van der Waals surface area contributed by atoms with Crippen LogP contribution in [-0.2, 0) is 6.54 Å². The van der Waals surface area contributed by atoms with Gasteiger partial charge < -0.3 is 5.32 Å². The van der Waals surface area contributed by atoms with Crippen LogP contribution in [-0.4, -0.2) is 19.9 Å². The minimum absolute atomic E-state index is 0.268. The topological polar surface area (TPSA) is 54.8 Å². The van der Waals surface area contributed by atoms with E-state index >= 15 is 0 Å². The molecule has 2 aromatic carbocycles. The maximum absolute atomic E-state index is 12.9. The summed E-state index contributed by atoms with van der Waals surface area (Å²) in [5, 5.41) is 11.0. The summed E-state index contributed by atoms with van der Waals surface area (Å²) in [5.74, 6) is 0.0948. The number of hydrogen-bond donors (Lipinski definition) is 2. The van der Waals surface area contributed by atoms with Crippen LogP contribution in [0.15, 0.2) is 54.9 Å². The van der Waals surface area contributed by atoms with Crippen molar-refractivity contribution in [2.24, 2.45) is 0 Å². The predicted molar refractivity (Wildman–Crippen MR) is 96.8 cm³/mol. The minimum atomic E-state index is -0.268. The molecule has 0 spiro atoms. The van der Waals surface area contributed by atoms with Crippen LogP contribution >= 0.6 is 23.8 Å². The summed E-state index contributed by atoms with van der Waals surface area (Å²) in [5.41, 5.74) is 1.62. The second kappa shape index (κ2) is 7.37. The first kappa shape index (κ1) is 16.4. The van der Waals surface area contributed by atoms with Crippen molar-refractivity contribution in [1.82, 2.24) is 14.8 Å². The van der Waals surface area contributed by atoms with E-state index in [1.807, 2.05) is 18.2 Å². The lowest BCUT2D eigenvalue weighted by atomic mass is 10.2. The molecule has 3 aromatic rings. The first-order valence-electron chi connectivity index (χ1n) is 7.06. The van der Waals surface area contributed by atoms with Crippen LogP contribution in [0.5, 0.6) is 0 Å². The Bertz CT molecular complexity index is 850. The molecule has 0 bridgehead atoms. The zero-order valence-corrected chi connectivity index (χ0v) is 14.0. The lowest BCUT2D eigenvalue weighted by molar-refractivity contribution is 0.624. The van der Waals surface area contributed by atoms with E-state index in [2.05, 4.69) is 20.7 Å². The van der Waals surface area contributed by atoms with Gasteiger partial charge in [0.05, 0.1) is 17.3 Å². The standard InChI is InChI=1S/C16H13ClFN5S/c17-13-3-1-2-4-14(13)20-16(24)21-15-19-10-23(22-15)9-11-5-7-12(18)8-6-11/h1-8,10H,9H2,(H2,20,21,22,24). The van der Waals surface area contributed by atoms with Crippen molar-refractivity contribution < 1.29 is 4.39 Å². The smallest absolute Gasteiger partial charge is 0.248 e. The average molecular weight is 362 g/mol. The largest absolute Gasteiger partial charge is 0.331 e. The zero-order chi connectivity index (χ0) is 16.9. The van der Waals surface area contributed by atoms with Crippen LogP contribution in [0.2, 0.25) is 5.02 Å². The molecule has 122 valence electrons. The van der Waals surface area contributed by atoms with Crippen LogP contribution in [0.25, 0.3) is 0 Å². The number of para-hydroxylation sites is 1. The summed E-state index contributed by atoms with van der Waals surface area (Å²) in [4.78, 5) is 4.14. The van der Waals surface area contributed by atoms with Crippen molar-refractivity contribution in [1.29, 1.82) is 0 Å². The Morgan fingerprint density at radius 1 is 1.12 bits per heavy atom. The zero-order valence-electron chi connectivity index (χ0n) is 12.4. The maximum Gasteiger partial charge on any atom is 0.248 e. The molecule has 0 atom stereocenters. The van der Waals surface area contributed by atoms with Gasteiger partial charge in [-0.05, 0) is 42.0 Å². The SMILES string of the molecule is Fc1ccc(Cn2cnc(NC(=S)Nc3ccccc3Cl)n2)cc1. The average Bonchev–Trinajstić information content (AvgIpc) is 2.99. The fourth-order valence-corrected chi connectivity index (χ4v) is 2.41. The van der Waals surface area contributed by atoms with Crippen molar-refractivity contribution in [3.8, 4) is 0 Å². The van der Waals surface area contributed by atoms with E-state index in [4.69, 9.17) is 23.8 Å². The molecule has 0 fully saturated rings. The molecule has 1 aromatic heterocycles. The lowest BCUT2D eigenvalue weighted by Crippen LogP contribution is -2.20. The predicted octanol–water partition coefficient (Wildman–Crippen LogP) is 3.93. The van der Waals surface area contributed by atoms with E-state index in [1.165, 1.54) is 12.1 Å². The van der Waals surface area contributed by atoms with Crippen molar-refractivity contribution in [2.75, 3.05) is 10.6 Å². The van der Waals surface area contributed by atoms with E-state index < -0.39 is 0 Å². The third-order valence-electron chi connectivity index (χ3n) is 3.14. The third kappa shape index (κ3) is 4.27. The number of rotatable bonds is 4. The Labute approximate surface area is 148 Å². The lowest BCUT2D eigenvalue weighted by Gasteiger charge is -2.09. The van der Waals surface area contributed by atoms with Gasteiger partial charge in [-0.25, -0.2) is 14.1 Å². The van der Waals surface area contributed by atoms with Gasteiger partial charge in [0, 0.05) is 0 Å². The van der Waals surface area contributed by atoms with Crippen LogP contribution in [0.4, 0.5) is 16.0 Å². The molecule has 0 aliphatic rings. The van der Waals surface area contributed by atoms with Crippen LogP contribution < -0.4 is 10.6 Å². The van der Waals surface area contributed by atoms with Crippen molar-refractivity contribution in [3.05, 3.63) is 71.3 Å². The molecular formula is C16H13ClFN5S. The van der Waals surface area contributed by atoms with E-state index in [1.54, 1.807) is 29.2 Å². The Hall–Kier alpha value is -2.51. The third-order valence-corrected chi connectivity index (χ3v) is 3.68. The van der Waals surface area contributed by atoms with Crippen LogP contribution in [0, 0.1) is 5.82 Å². The highest BCUT2D eigenvalue weighted by Gasteiger charge is 2.06. The molecule has 2 N–H and O–H groups in total.